The number of aliphatic imine (C=N–C) groups is 1. The Morgan fingerprint density at radius 2 is 1.55 bits per heavy atom. The standard InChI is InChI=1S/C32H31NO5/c1-20-29(32(35)38-19-21-10-6-4-7-11-21)30(23-14-15-27(36-2)28(18-23)37-3)31-25(33-20)16-24(17-26(31)34)22-12-8-5-9-13-22/h4-15,18,24,29-30H,16-17,19H2,1-3H3/t24-,29?,30+/m1/s1. The van der Waals surface area contributed by atoms with Crippen LogP contribution in [-0.2, 0) is 20.9 Å². The average Bonchev–Trinajstić information content (AvgIpc) is 2.95. The van der Waals surface area contributed by atoms with Gasteiger partial charge in [-0.3, -0.25) is 14.6 Å². The molecule has 0 N–H and O–H groups in total. The van der Waals surface area contributed by atoms with Crippen LogP contribution < -0.4 is 9.47 Å². The molecule has 0 fully saturated rings. The largest absolute Gasteiger partial charge is 0.493 e. The Morgan fingerprint density at radius 1 is 0.868 bits per heavy atom. The highest BCUT2D eigenvalue weighted by Gasteiger charge is 2.45. The Kier molecular flexibility index (Phi) is 7.40. The summed E-state index contributed by atoms with van der Waals surface area (Å²) in [5, 5.41) is 0. The summed E-state index contributed by atoms with van der Waals surface area (Å²) in [4.78, 5) is 32.3. The van der Waals surface area contributed by atoms with Crippen LogP contribution in [0.5, 0.6) is 11.5 Å². The summed E-state index contributed by atoms with van der Waals surface area (Å²) in [6.07, 6.45) is 1.00. The average molecular weight is 510 g/mol. The summed E-state index contributed by atoms with van der Waals surface area (Å²) < 4.78 is 16.8. The van der Waals surface area contributed by atoms with E-state index < -0.39 is 17.8 Å². The van der Waals surface area contributed by atoms with Gasteiger partial charge >= 0.3 is 5.97 Å². The van der Waals surface area contributed by atoms with Crippen LogP contribution in [0.1, 0.15) is 48.3 Å². The Bertz CT molecular complexity index is 1390. The maximum atomic E-state index is 13.8. The molecule has 0 saturated carbocycles. The van der Waals surface area contributed by atoms with Crippen LogP contribution in [0.25, 0.3) is 0 Å². The highest BCUT2D eigenvalue weighted by Crippen LogP contribution is 2.48. The van der Waals surface area contributed by atoms with Gasteiger partial charge in [0.25, 0.3) is 0 Å². The first kappa shape index (κ1) is 25.5. The Morgan fingerprint density at radius 3 is 2.24 bits per heavy atom. The second-order valence-electron chi connectivity index (χ2n) is 9.72. The SMILES string of the molecule is COc1ccc([C@@H]2C3=C(C[C@@H](c4ccccc4)CC3=O)N=C(C)C2C(=O)OCc2ccccc2)cc1OC. The van der Waals surface area contributed by atoms with Crippen LogP contribution in [0.3, 0.4) is 0 Å². The van der Waals surface area contributed by atoms with E-state index in [1.165, 1.54) is 0 Å². The maximum absolute atomic E-state index is 13.8. The van der Waals surface area contributed by atoms with Gasteiger partial charge in [0.1, 0.15) is 12.5 Å². The lowest BCUT2D eigenvalue weighted by Gasteiger charge is -2.36. The van der Waals surface area contributed by atoms with E-state index in [1.807, 2.05) is 73.7 Å². The number of hydrogen-bond acceptors (Lipinski definition) is 6. The molecule has 0 saturated heterocycles. The molecule has 0 aromatic heterocycles. The second-order valence-corrected chi connectivity index (χ2v) is 9.72. The van der Waals surface area contributed by atoms with Crippen LogP contribution in [0.2, 0.25) is 0 Å². The van der Waals surface area contributed by atoms with Gasteiger partial charge in [-0.15, -0.1) is 0 Å². The highest BCUT2D eigenvalue weighted by molar-refractivity contribution is 6.09. The molecule has 6 heteroatoms. The number of benzene rings is 3. The van der Waals surface area contributed by atoms with E-state index >= 15 is 0 Å². The summed E-state index contributed by atoms with van der Waals surface area (Å²) in [6.45, 7) is 2.00. The molecule has 6 nitrogen and oxygen atoms in total. The van der Waals surface area contributed by atoms with Crippen molar-refractivity contribution in [2.45, 2.75) is 38.2 Å². The van der Waals surface area contributed by atoms with Crippen molar-refractivity contribution >= 4 is 17.5 Å². The van der Waals surface area contributed by atoms with Crippen molar-refractivity contribution in [3.05, 3.63) is 107 Å². The van der Waals surface area contributed by atoms with Crippen molar-refractivity contribution in [2.75, 3.05) is 14.2 Å². The first-order valence-corrected chi connectivity index (χ1v) is 12.8. The fourth-order valence-electron chi connectivity index (χ4n) is 5.55. The van der Waals surface area contributed by atoms with Gasteiger partial charge in [0.15, 0.2) is 17.3 Å². The van der Waals surface area contributed by atoms with E-state index in [0.29, 0.717) is 35.6 Å². The third kappa shape index (κ3) is 4.99. The zero-order valence-corrected chi connectivity index (χ0v) is 21.8. The quantitative estimate of drug-likeness (QED) is 0.364. The number of carbonyl (C=O) groups is 2. The van der Waals surface area contributed by atoms with Gasteiger partial charge in [-0.2, -0.15) is 0 Å². The van der Waals surface area contributed by atoms with Gasteiger partial charge < -0.3 is 14.2 Å². The third-order valence-corrected chi connectivity index (χ3v) is 7.40. The number of methoxy groups -OCH3 is 2. The van der Waals surface area contributed by atoms with Crippen molar-refractivity contribution in [3.8, 4) is 11.5 Å². The molecule has 1 aliphatic heterocycles. The third-order valence-electron chi connectivity index (χ3n) is 7.40. The molecule has 5 rings (SSSR count). The van der Waals surface area contributed by atoms with Crippen molar-refractivity contribution in [1.29, 1.82) is 0 Å². The molecule has 0 spiro atoms. The number of Topliss-reactive ketones (excluding diaryl/α,β-unsaturated/α-hetero) is 1. The summed E-state index contributed by atoms with van der Waals surface area (Å²) in [5.74, 6) is -0.492. The number of hydrogen-bond donors (Lipinski definition) is 0. The molecule has 3 aromatic rings. The van der Waals surface area contributed by atoms with Crippen LogP contribution in [0, 0.1) is 5.92 Å². The minimum atomic E-state index is -0.729. The highest BCUT2D eigenvalue weighted by atomic mass is 16.5. The van der Waals surface area contributed by atoms with Gasteiger partial charge in [-0.1, -0.05) is 66.7 Å². The molecule has 1 unspecified atom stereocenters. The molecule has 3 aromatic carbocycles. The molecule has 38 heavy (non-hydrogen) atoms. The van der Waals surface area contributed by atoms with E-state index in [0.717, 1.165) is 22.4 Å². The van der Waals surface area contributed by atoms with Crippen LogP contribution >= 0.6 is 0 Å². The lowest BCUT2D eigenvalue weighted by atomic mass is 9.69. The van der Waals surface area contributed by atoms with Crippen LogP contribution in [-0.4, -0.2) is 31.7 Å². The van der Waals surface area contributed by atoms with Crippen molar-refractivity contribution < 1.29 is 23.8 Å². The smallest absolute Gasteiger partial charge is 0.315 e. The molecule has 194 valence electrons. The number of esters is 1. The topological polar surface area (TPSA) is 74.2 Å². The van der Waals surface area contributed by atoms with Crippen molar-refractivity contribution in [3.63, 3.8) is 0 Å². The zero-order valence-electron chi connectivity index (χ0n) is 21.8. The monoisotopic (exact) mass is 509 g/mol. The Hall–Kier alpha value is -4.19. The number of rotatable bonds is 7. The number of nitrogens with zero attached hydrogens (tertiary/aromatic N) is 1. The summed E-state index contributed by atoms with van der Waals surface area (Å²) >= 11 is 0. The molecule has 1 aliphatic carbocycles. The van der Waals surface area contributed by atoms with Crippen LogP contribution in [0.15, 0.2) is 95.1 Å². The molecule has 1 heterocycles. The molecule has 0 amide bonds. The van der Waals surface area contributed by atoms with E-state index in [1.54, 1.807) is 14.2 Å². The summed E-state index contributed by atoms with van der Waals surface area (Å²) in [7, 11) is 3.15. The minimum absolute atomic E-state index is 0.0111. The van der Waals surface area contributed by atoms with Crippen LogP contribution in [0.4, 0.5) is 0 Å². The number of ketones is 1. The summed E-state index contributed by atoms with van der Waals surface area (Å²) in [5.41, 5.74) is 4.79. The van der Waals surface area contributed by atoms with Gasteiger partial charge in [0.05, 0.1) is 14.2 Å². The fraction of sp³-hybridized carbons (Fsp3) is 0.281. The lowest BCUT2D eigenvalue weighted by Crippen LogP contribution is -2.38. The van der Waals surface area contributed by atoms with E-state index in [4.69, 9.17) is 19.2 Å². The van der Waals surface area contributed by atoms with Gasteiger partial charge in [-0.25, -0.2) is 0 Å². The molecule has 3 atom stereocenters. The summed E-state index contributed by atoms with van der Waals surface area (Å²) in [6, 6.07) is 25.2. The second kappa shape index (κ2) is 11.1. The number of ether oxygens (including phenoxy) is 3. The van der Waals surface area contributed by atoms with Crippen molar-refractivity contribution in [2.24, 2.45) is 10.9 Å². The van der Waals surface area contributed by atoms with E-state index in [2.05, 4.69) is 12.1 Å². The predicted molar refractivity (Wildman–Crippen MR) is 146 cm³/mol. The van der Waals surface area contributed by atoms with E-state index in [9.17, 15) is 9.59 Å². The maximum Gasteiger partial charge on any atom is 0.315 e. The molecule has 0 radical (unpaired) electrons. The molecular weight excluding hydrogens is 478 g/mol. The molecule has 0 bridgehead atoms. The fourth-order valence-corrected chi connectivity index (χ4v) is 5.55. The van der Waals surface area contributed by atoms with Gasteiger partial charge in [-0.05, 0) is 48.1 Å². The van der Waals surface area contributed by atoms with E-state index in [-0.39, 0.29) is 18.3 Å². The Labute approximate surface area is 223 Å². The normalized spacial score (nSPS) is 20.9. The van der Waals surface area contributed by atoms with Crippen molar-refractivity contribution in [1.82, 2.24) is 0 Å². The van der Waals surface area contributed by atoms with Gasteiger partial charge in [0.2, 0.25) is 0 Å². The molecule has 2 aliphatic rings. The number of carbonyl (C=O) groups excluding carboxylic acids is 2. The lowest BCUT2D eigenvalue weighted by molar-refractivity contribution is -0.148. The molecular formula is C32H31NO5. The predicted octanol–water partition coefficient (Wildman–Crippen LogP) is 6.02. The Balaban J connectivity index is 1.55. The first-order valence-electron chi connectivity index (χ1n) is 12.8. The first-order chi connectivity index (χ1) is 18.5. The van der Waals surface area contributed by atoms with Gasteiger partial charge in [0, 0.05) is 29.3 Å². The number of allylic oxidation sites excluding steroid dienone is 2. The zero-order chi connectivity index (χ0) is 26.6. The minimum Gasteiger partial charge on any atom is -0.493 e.